The van der Waals surface area contributed by atoms with Crippen LogP contribution < -0.4 is 28.9 Å². The largest absolute Gasteiger partial charge is 0.525 e. The summed E-state index contributed by atoms with van der Waals surface area (Å²) in [6.07, 6.45) is 9.88. The molecule has 6 bridgehead atoms. The van der Waals surface area contributed by atoms with Gasteiger partial charge in [0.05, 0.1) is 0 Å². The number of aromatic nitrogens is 6. The van der Waals surface area contributed by atoms with E-state index in [4.69, 9.17) is 36.5 Å². The topological polar surface area (TPSA) is 101 Å². The molecule has 6 saturated carbocycles. The van der Waals surface area contributed by atoms with Gasteiger partial charge in [-0.25, -0.2) is 15.0 Å². The van der Waals surface area contributed by atoms with E-state index in [2.05, 4.69) is 283 Å². The first-order chi connectivity index (χ1) is 65.6. The van der Waals surface area contributed by atoms with E-state index in [1.54, 1.807) is 20.9 Å². The first-order valence-electron chi connectivity index (χ1n) is 50.8. The molecule has 690 valence electrons. The van der Waals surface area contributed by atoms with Gasteiger partial charge in [-0.3, -0.25) is 0 Å². The summed E-state index contributed by atoms with van der Waals surface area (Å²) in [5.41, 5.74) is 11.7. The van der Waals surface area contributed by atoms with Gasteiger partial charge in [-0.2, -0.15) is 62.5 Å². The SMILES string of the molecule is [2H]C([2H])([2H])N1[CH-]N(c2[c-]c(Oc3[c-]c4c(cc3)c3ccccc3n4-c3cc(C(C)(C)C)ccn3)cc(C(C)(C)C)c2)[C@@H]2C1C1CC[C@@H]2C1(C)C.[2H]C([2H])([2H])N1[CH-]N(c2[c-]c(Oc3[c-]c4c(cc3)c3ccccc3n4-c3cc(C(C)(C)C)ccn3)ccc2)[C@@H]2C1C1C[C@H]2C(C)C1C.[2H]C([2H])([2H])N1[CH-]N(c2[c-]c(Oc3[c-]c4c(cc3)c3ccccc3n4-c3ccccn3)ccc2)[C@@H]2C1C1C[C@H]2C(C)C1C.[Pt].[Pt].[Pt]. The number of benzene rings is 9. The Morgan fingerprint density at radius 2 is 0.705 bits per heavy atom. The third-order valence-electron chi connectivity index (χ3n) is 31.4. The van der Waals surface area contributed by atoms with Gasteiger partial charge in [-0.15, -0.1) is 118 Å². The first-order valence-corrected chi connectivity index (χ1v) is 46.3. The van der Waals surface area contributed by atoms with Gasteiger partial charge >= 0.3 is 0 Å². The molecule has 0 spiro atoms. The molecule has 3 saturated heterocycles. The molecule has 24 rings (SSSR count). The van der Waals surface area contributed by atoms with E-state index < -0.39 is 20.9 Å². The monoisotopic (exact) mass is 2300 g/mol. The Labute approximate surface area is 835 Å². The van der Waals surface area contributed by atoms with Crippen LogP contribution in [0.2, 0.25) is 0 Å². The number of ether oxygens (including phenoxy) is 3. The van der Waals surface area contributed by atoms with Crippen LogP contribution in [0.25, 0.3) is 82.9 Å². The molecule has 3 aliphatic heterocycles. The molecule has 9 aromatic carbocycles. The maximum Gasteiger partial charge on any atom is 0.135 e. The summed E-state index contributed by atoms with van der Waals surface area (Å²) in [6.45, 7) is 32.6. The molecule has 0 amide bonds. The van der Waals surface area contributed by atoms with Crippen LogP contribution in [0, 0.1) is 121 Å². The van der Waals surface area contributed by atoms with Crippen LogP contribution in [-0.4, -0.2) is 101 Å². The third-order valence-corrected chi connectivity index (χ3v) is 31.4. The Morgan fingerprint density at radius 1 is 0.341 bits per heavy atom. The van der Waals surface area contributed by atoms with Crippen molar-refractivity contribution in [1.82, 2.24) is 43.4 Å². The maximum absolute atomic E-state index is 8.46. The minimum Gasteiger partial charge on any atom is -0.525 e. The van der Waals surface area contributed by atoms with E-state index in [1.165, 1.54) is 11.1 Å². The smallest absolute Gasteiger partial charge is 0.135 e. The summed E-state index contributed by atoms with van der Waals surface area (Å²) >= 11 is 0. The normalized spacial score (nSPS) is 26.9. The molecule has 18 heteroatoms. The first kappa shape index (κ1) is 81.0. The molecule has 0 radical (unpaired) electrons. The molecule has 132 heavy (non-hydrogen) atoms. The van der Waals surface area contributed by atoms with Gasteiger partial charge in [0, 0.05) is 181 Å². The van der Waals surface area contributed by atoms with E-state index in [0.717, 1.165) is 131 Å². The van der Waals surface area contributed by atoms with Crippen LogP contribution in [-0.2, 0) is 79.4 Å². The van der Waals surface area contributed by atoms with Gasteiger partial charge < -0.3 is 57.3 Å². The van der Waals surface area contributed by atoms with Gasteiger partial charge in [0.1, 0.15) is 17.5 Å². The molecule has 15 nitrogen and oxygen atoms in total. The van der Waals surface area contributed by atoms with E-state index >= 15 is 0 Å². The molecule has 9 fully saturated rings. The molecule has 9 aliphatic rings. The van der Waals surface area contributed by atoms with Crippen molar-refractivity contribution in [2.75, 3.05) is 35.6 Å². The fraction of sp³-hybridized carbons (Fsp3) is 0.368. The van der Waals surface area contributed by atoms with Crippen molar-refractivity contribution in [3.8, 4) is 52.0 Å². The number of hydrogen-bond donors (Lipinski definition) is 0. The predicted octanol–water partition coefficient (Wildman–Crippen LogP) is 25.3. The van der Waals surface area contributed by atoms with E-state index in [0.29, 0.717) is 93.7 Å². The molecule has 0 N–H and O–H groups in total. The van der Waals surface area contributed by atoms with Gasteiger partial charge in [-0.05, 0) is 209 Å². The van der Waals surface area contributed by atoms with Crippen LogP contribution in [0.15, 0.2) is 219 Å². The minimum absolute atomic E-state index is 0. The fourth-order valence-electron chi connectivity index (χ4n) is 24.5. The van der Waals surface area contributed by atoms with Gasteiger partial charge in [-0.1, -0.05) is 181 Å². The maximum atomic E-state index is 8.46. The Morgan fingerprint density at radius 3 is 1.12 bits per heavy atom. The summed E-state index contributed by atoms with van der Waals surface area (Å²) in [5, 5.41) is 6.61. The van der Waals surface area contributed by atoms with Gasteiger partial charge in [0.25, 0.3) is 0 Å². The van der Waals surface area contributed by atoms with Crippen molar-refractivity contribution in [3.05, 3.63) is 292 Å². The van der Waals surface area contributed by atoms with E-state index in [1.807, 2.05) is 123 Å². The summed E-state index contributed by atoms with van der Waals surface area (Å²) in [4.78, 5) is 25.6. The van der Waals surface area contributed by atoms with Crippen LogP contribution in [0.4, 0.5) is 17.1 Å². The number of hydrogen-bond acceptors (Lipinski definition) is 12. The molecular formula is C114H117N12O3Pt3-9. The standard InChI is InChI=1S/C42H47N4O.C38H39N4O.C34H31N4O.3Pt/c1-40(2,3)26-18-19-43-37(22-26)46-35-13-11-10-12-31(35)32-15-14-29(24-36(32)46)47-30-21-27(41(4,5)6)20-28(23-30)45-25-44(9)38-33-16-17-34(39(38)45)42(33,7)8;1-23-24(2)32-21-31(23)36-37(32)41(22-40(36)6)26-10-9-11-27(19-26)43-28-14-15-30-29-12-7-8-13-33(29)42(34(30)20-28)35-18-25(16-17-39-35)38(3,4)5;1-21-22(2)29-19-28(21)33-34(29)37(20-36(33)3)23-9-8-10-24(17-23)39-25-14-15-27-26-11-4-5-12-30(26)38(31(27)18-25)32-13-6-7-16-35-32;;;/h10-15,18-22,25,33-34,38-39H,16-17H2,1-9H3;7-18,22-24,31-32,36-37H,21H2,1-6H3;4-16,20-22,28-29,33-34H,19H2,1-3H3;;;/q3*-3;;;/t33?,34-,38?,39-;23?,24?,31?,32-,36?,37-;21?,22?,28?,29-,33?,34-;;;/m000.../s1/i9D3;6D3;3D3;;;. The zero-order valence-electron chi connectivity index (χ0n) is 86.1. The zero-order chi connectivity index (χ0) is 96.4. The number of anilines is 3. The quantitative estimate of drug-likeness (QED) is 0.109. The number of rotatable bonds is 12. The van der Waals surface area contributed by atoms with Crippen LogP contribution >= 0.6 is 0 Å². The second-order valence-electron chi connectivity index (χ2n) is 41.7. The molecule has 10 unspecified atom stereocenters. The number of para-hydroxylation sites is 3. The second kappa shape index (κ2) is 34.7. The molecule has 6 aromatic heterocycles. The van der Waals surface area contributed by atoms with Crippen molar-refractivity contribution >= 4 is 82.5 Å². The van der Waals surface area contributed by atoms with Crippen molar-refractivity contribution in [2.45, 2.75) is 182 Å². The van der Waals surface area contributed by atoms with Crippen molar-refractivity contribution < 1.29 is 89.7 Å². The Hall–Kier alpha value is -9.43. The van der Waals surface area contributed by atoms with E-state index in [9.17, 15) is 0 Å². The summed E-state index contributed by atoms with van der Waals surface area (Å²) in [6, 6.07) is 88.8. The molecular weight excluding hydrogens is 2170 g/mol. The fourth-order valence-corrected chi connectivity index (χ4v) is 24.5. The number of fused-ring (bicyclic) bond motifs is 24. The predicted molar refractivity (Wildman–Crippen MR) is 521 cm³/mol. The van der Waals surface area contributed by atoms with Crippen LogP contribution in [0.5, 0.6) is 34.5 Å². The second-order valence-corrected chi connectivity index (χ2v) is 41.7. The van der Waals surface area contributed by atoms with Crippen molar-refractivity contribution in [2.24, 2.45) is 64.6 Å². The third kappa shape index (κ3) is 15.5. The average molecular weight is 2300 g/mol. The van der Waals surface area contributed by atoms with Crippen LogP contribution in [0.3, 0.4) is 0 Å². The summed E-state index contributed by atoms with van der Waals surface area (Å²) in [5.74, 6) is 10.4. The zero-order valence-corrected chi connectivity index (χ0v) is 83.9. The van der Waals surface area contributed by atoms with Gasteiger partial charge in [0.15, 0.2) is 0 Å². The Bertz CT molecular complexity index is 7250. The summed E-state index contributed by atoms with van der Waals surface area (Å²) < 4.78 is 101. The minimum atomic E-state index is -2.22. The van der Waals surface area contributed by atoms with Crippen LogP contribution in [0.1, 0.15) is 159 Å². The molecule has 16 atom stereocenters. The number of pyridine rings is 3. The van der Waals surface area contributed by atoms with E-state index in [-0.39, 0.29) is 121 Å². The Kier molecular flexibility index (Phi) is 21.3. The van der Waals surface area contributed by atoms with Gasteiger partial charge in [0.2, 0.25) is 0 Å². The number of nitrogens with zero attached hydrogens (tertiary/aromatic N) is 12. The average Bonchev–Trinajstić information content (AvgIpc) is 1.51. The van der Waals surface area contributed by atoms with Crippen molar-refractivity contribution in [1.29, 1.82) is 0 Å². The Balaban J connectivity index is 0.000000133. The molecule has 15 aromatic rings. The summed E-state index contributed by atoms with van der Waals surface area (Å²) in [7, 11) is 0. The van der Waals surface area contributed by atoms with Crippen molar-refractivity contribution in [3.63, 3.8) is 0 Å². The molecule has 9 heterocycles. The number of likely N-dealkylation sites (N-methyl/N-ethyl adjacent to an activating group) is 3. The molecule has 6 aliphatic carbocycles.